The molecule has 1 aromatic heterocycles. The molecular formula is C13H14N2O4S. The molecule has 7 heteroatoms. The second kappa shape index (κ2) is 5.16. The minimum atomic E-state index is -0.347. The first-order chi connectivity index (χ1) is 9.69. The van der Waals surface area contributed by atoms with Gasteiger partial charge in [-0.05, 0) is 6.92 Å². The van der Waals surface area contributed by atoms with E-state index in [0.717, 1.165) is 10.2 Å². The highest BCUT2D eigenvalue weighted by molar-refractivity contribution is 7.16. The summed E-state index contributed by atoms with van der Waals surface area (Å²) in [5.41, 5.74) is 0.789. The molecule has 0 amide bonds. The van der Waals surface area contributed by atoms with Gasteiger partial charge in [-0.3, -0.25) is 10.2 Å². The molecule has 0 saturated carbocycles. The fourth-order valence-corrected chi connectivity index (χ4v) is 3.03. The van der Waals surface area contributed by atoms with E-state index in [2.05, 4.69) is 0 Å². The molecule has 1 aliphatic rings. The van der Waals surface area contributed by atoms with E-state index in [-0.39, 0.29) is 12.5 Å². The zero-order chi connectivity index (χ0) is 14.1. The van der Waals surface area contributed by atoms with Gasteiger partial charge >= 0.3 is 5.97 Å². The Labute approximate surface area is 119 Å². The van der Waals surface area contributed by atoms with Crippen LogP contribution >= 0.6 is 11.3 Å². The fraction of sp³-hybridized carbons (Fsp3) is 0.385. The molecule has 0 unspecified atom stereocenters. The number of nitrogens with one attached hydrogen (secondary N) is 1. The van der Waals surface area contributed by atoms with E-state index >= 15 is 0 Å². The largest absolute Gasteiger partial charge is 0.486 e. The van der Waals surface area contributed by atoms with Crippen molar-refractivity contribution in [2.45, 2.75) is 13.5 Å². The molecule has 0 fully saturated rings. The molecule has 106 valence electrons. The summed E-state index contributed by atoms with van der Waals surface area (Å²) in [4.78, 5) is 11.9. The van der Waals surface area contributed by atoms with Gasteiger partial charge in [0.25, 0.3) is 0 Å². The maximum Gasteiger partial charge on any atom is 0.326 e. The number of benzene rings is 1. The maximum atomic E-state index is 11.6. The minimum Gasteiger partial charge on any atom is -0.486 e. The normalized spacial score (nSPS) is 13.4. The molecule has 6 nitrogen and oxygen atoms in total. The van der Waals surface area contributed by atoms with Gasteiger partial charge in [0.1, 0.15) is 19.8 Å². The first-order valence-electron chi connectivity index (χ1n) is 6.32. The number of aromatic nitrogens is 1. The number of fused-ring (bicyclic) bond motifs is 2. The summed E-state index contributed by atoms with van der Waals surface area (Å²) < 4.78 is 18.5. The van der Waals surface area contributed by atoms with Crippen LogP contribution in [0.2, 0.25) is 0 Å². The Morgan fingerprint density at radius 1 is 1.40 bits per heavy atom. The van der Waals surface area contributed by atoms with Crippen molar-refractivity contribution >= 4 is 27.5 Å². The third-order valence-corrected chi connectivity index (χ3v) is 3.92. The van der Waals surface area contributed by atoms with Crippen LogP contribution in [0.3, 0.4) is 0 Å². The van der Waals surface area contributed by atoms with Gasteiger partial charge in [-0.2, -0.15) is 0 Å². The Hall–Kier alpha value is -2.02. The highest BCUT2D eigenvalue weighted by Crippen LogP contribution is 2.35. The first kappa shape index (κ1) is 13.0. The van der Waals surface area contributed by atoms with Gasteiger partial charge in [0.05, 0.1) is 16.8 Å². The average molecular weight is 294 g/mol. The van der Waals surface area contributed by atoms with Crippen molar-refractivity contribution in [2.24, 2.45) is 0 Å². The number of thiazole rings is 1. The highest BCUT2D eigenvalue weighted by atomic mass is 32.1. The molecule has 0 radical (unpaired) electrons. The lowest BCUT2D eigenvalue weighted by molar-refractivity contribution is -0.143. The van der Waals surface area contributed by atoms with Crippen molar-refractivity contribution in [3.05, 3.63) is 16.9 Å². The van der Waals surface area contributed by atoms with Crippen molar-refractivity contribution in [2.75, 3.05) is 19.8 Å². The van der Waals surface area contributed by atoms with Crippen molar-refractivity contribution < 1.29 is 19.0 Å². The van der Waals surface area contributed by atoms with Gasteiger partial charge < -0.3 is 18.8 Å². The van der Waals surface area contributed by atoms with Crippen LogP contribution in [0.15, 0.2) is 12.1 Å². The predicted molar refractivity (Wildman–Crippen MR) is 73.3 cm³/mol. The summed E-state index contributed by atoms with van der Waals surface area (Å²) >= 11 is 1.30. The van der Waals surface area contributed by atoms with Crippen LogP contribution < -0.4 is 14.3 Å². The lowest BCUT2D eigenvalue weighted by Gasteiger charge is -2.18. The number of esters is 1. The van der Waals surface area contributed by atoms with E-state index in [1.165, 1.54) is 11.3 Å². The third-order valence-electron chi connectivity index (χ3n) is 2.96. The summed E-state index contributed by atoms with van der Waals surface area (Å²) in [7, 11) is 0. The van der Waals surface area contributed by atoms with Crippen LogP contribution in [-0.2, 0) is 16.1 Å². The van der Waals surface area contributed by atoms with Crippen LogP contribution in [0.5, 0.6) is 11.5 Å². The monoisotopic (exact) mass is 294 g/mol. The van der Waals surface area contributed by atoms with Gasteiger partial charge in [-0.15, -0.1) is 0 Å². The number of nitrogens with zero attached hydrogens (tertiary/aromatic N) is 1. The summed E-state index contributed by atoms with van der Waals surface area (Å²) in [6.07, 6.45) is 0. The van der Waals surface area contributed by atoms with Crippen LogP contribution in [0.1, 0.15) is 6.92 Å². The van der Waals surface area contributed by atoms with Crippen LogP contribution in [0.4, 0.5) is 0 Å². The van der Waals surface area contributed by atoms with Gasteiger partial charge in [0, 0.05) is 12.1 Å². The van der Waals surface area contributed by atoms with E-state index in [1.807, 2.05) is 12.1 Å². The van der Waals surface area contributed by atoms with Crippen molar-refractivity contribution in [1.29, 1.82) is 5.41 Å². The van der Waals surface area contributed by atoms with Crippen molar-refractivity contribution in [1.82, 2.24) is 4.57 Å². The summed E-state index contributed by atoms with van der Waals surface area (Å²) in [6, 6.07) is 3.67. The lowest BCUT2D eigenvalue weighted by atomic mass is 10.2. The predicted octanol–water partition coefficient (Wildman–Crippen LogP) is 1.52. The van der Waals surface area contributed by atoms with Crippen molar-refractivity contribution in [3.63, 3.8) is 0 Å². The number of ether oxygens (including phenoxy) is 3. The van der Waals surface area contributed by atoms with E-state index in [9.17, 15) is 4.79 Å². The molecule has 2 aromatic rings. The van der Waals surface area contributed by atoms with Crippen LogP contribution in [0, 0.1) is 5.41 Å². The molecule has 0 aliphatic carbocycles. The first-order valence-corrected chi connectivity index (χ1v) is 7.14. The molecule has 20 heavy (non-hydrogen) atoms. The zero-order valence-corrected chi connectivity index (χ0v) is 11.8. The fourth-order valence-electron chi connectivity index (χ4n) is 2.11. The Morgan fingerprint density at radius 2 is 2.10 bits per heavy atom. The quantitative estimate of drug-likeness (QED) is 0.871. The van der Waals surface area contributed by atoms with Crippen LogP contribution in [-0.4, -0.2) is 30.4 Å². The topological polar surface area (TPSA) is 73.5 Å². The number of rotatable bonds is 3. The molecule has 1 aliphatic heterocycles. The van der Waals surface area contributed by atoms with Gasteiger partial charge in [-0.1, -0.05) is 11.3 Å². The van der Waals surface area contributed by atoms with E-state index in [0.29, 0.717) is 36.1 Å². The molecule has 0 atom stereocenters. The minimum absolute atomic E-state index is 0.0340. The third kappa shape index (κ3) is 2.24. The second-order valence-corrected chi connectivity index (χ2v) is 5.29. The van der Waals surface area contributed by atoms with E-state index in [4.69, 9.17) is 19.6 Å². The Balaban J connectivity index is 2.05. The number of hydrogen-bond acceptors (Lipinski definition) is 6. The highest BCUT2D eigenvalue weighted by Gasteiger charge is 2.17. The molecule has 1 aromatic carbocycles. The van der Waals surface area contributed by atoms with E-state index < -0.39 is 0 Å². The molecule has 0 saturated heterocycles. The molecule has 2 heterocycles. The second-order valence-electron chi connectivity index (χ2n) is 4.26. The van der Waals surface area contributed by atoms with E-state index in [1.54, 1.807) is 11.5 Å². The Bertz CT molecular complexity index is 719. The molecular weight excluding hydrogens is 280 g/mol. The number of hydrogen-bond donors (Lipinski definition) is 1. The SMILES string of the molecule is CCOC(=O)Cn1c(=N)sc2cc3c(cc21)OCCO3. The molecule has 0 bridgehead atoms. The number of carbonyl (C=O) groups excluding carboxylic acids is 1. The molecule has 3 rings (SSSR count). The zero-order valence-electron chi connectivity index (χ0n) is 11.0. The smallest absolute Gasteiger partial charge is 0.326 e. The lowest BCUT2D eigenvalue weighted by Crippen LogP contribution is -2.21. The average Bonchev–Trinajstić information content (AvgIpc) is 2.72. The standard InChI is InChI=1S/C13H14N2O4S/c1-2-17-12(16)7-15-8-5-9-10(19-4-3-18-9)6-11(8)20-13(15)14/h5-6,14H,2-4,7H2,1H3. The number of carbonyl (C=O) groups is 1. The summed E-state index contributed by atoms with van der Waals surface area (Å²) in [5.74, 6) is 0.994. The summed E-state index contributed by atoms with van der Waals surface area (Å²) in [6.45, 7) is 3.17. The van der Waals surface area contributed by atoms with Gasteiger partial charge in [-0.25, -0.2) is 0 Å². The maximum absolute atomic E-state index is 11.6. The van der Waals surface area contributed by atoms with Gasteiger partial charge in [0.15, 0.2) is 16.3 Å². The Morgan fingerprint density at radius 3 is 2.80 bits per heavy atom. The Kier molecular flexibility index (Phi) is 3.35. The van der Waals surface area contributed by atoms with Gasteiger partial charge in [0.2, 0.25) is 0 Å². The van der Waals surface area contributed by atoms with Crippen LogP contribution in [0.25, 0.3) is 10.2 Å². The summed E-state index contributed by atoms with van der Waals surface area (Å²) in [5, 5.41) is 7.99. The van der Waals surface area contributed by atoms with Crippen molar-refractivity contribution in [3.8, 4) is 11.5 Å². The molecule has 1 N–H and O–H groups in total. The molecule has 0 spiro atoms.